The summed E-state index contributed by atoms with van der Waals surface area (Å²) in [5, 5.41) is 1.98. The zero-order chi connectivity index (χ0) is 8.39. The van der Waals surface area contributed by atoms with Gasteiger partial charge >= 0.3 is 0 Å². The molecule has 70 valence electrons. The molecular weight excluding hydrogens is 224 g/mol. The third kappa shape index (κ3) is 3.28. The third-order valence-corrected chi connectivity index (χ3v) is 7.70. The van der Waals surface area contributed by atoms with Gasteiger partial charge in [0, 0.05) is 38.1 Å². The Bertz CT molecular complexity index is 142. The fourth-order valence-corrected chi connectivity index (χ4v) is 5.83. The van der Waals surface area contributed by atoms with Crippen molar-refractivity contribution >= 4 is 47.0 Å². The number of thioether (sulfide) groups is 4. The first-order valence-electron chi connectivity index (χ1n) is 4.31. The van der Waals surface area contributed by atoms with Gasteiger partial charge in [0.05, 0.1) is 0 Å². The molecule has 12 heavy (non-hydrogen) atoms. The van der Waals surface area contributed by atoms with Gasteiger partial charge in [0.1, 0.15) is 0 Å². The maximum Gasteiger partial charge on any atom is 0.0478 e. The van der Waals surface area contributed by atoms with E-state index in [0.29, 0.717) is 0 Å². The summed E-state index contributed by atoms with van der Waals surface area (Å²) in [6.45, 7) is 2.37. The van der Waals surface area contributed by atoms with E-state index in [9.17, 15) is 0 Å². The Labute approximate surface area is 91.8 Å². The fourth-order valence-electron chi connectivity index (χ4n) is 1.01. The lowest BCUT2D eigenvalue weighted by atomic mass is 10.5. The van der Waals surface area contributed by atoms with E-state index < -0.39 is 0 Å². The van der Waals surface area contributed by atoms with Crippen LogP contribution in [0, 0.1) is 0 Å². The second-order valence-corrected chi connectivity index (χ2v) is 8.88. The fraction of sp³-hybridized carbons (Fsp3) is 1.00. The summed E-state index contributed by atoms with van der Waals surface area (Å²) in [7, 11) is 0. The SMILES string of the molecule is CC(SCC1CS1)SC1CSC1. The lowest BCUT2D eigenvalue weighted by molar-refractivity contribution is 1.08. The molecule has 0 aromatic heterocycles. The number of hydrogen-bond acceptors (Lipinski definition) is 4. The highest BCUT2D eigenvalue weighted by atomic mass is 32.2. The van der Waals surface area contributed by atoms with Crippen molar-refractivity contribution in [2.45, 2.75) is 22.0 Å². The number of rotatable bonds is 5. The van der Waals surface area contributed by atoms with E-state index >= 15 is 0 Å². The molecule has 2 saturated heterocycles. The van der Waals surface area contributed by atoms with Crippen LogP contribution in [0.4, 0.5) is 0 Å². The largest absolute Gasteiger partial charge is 0.160 e. The van der Waals surface area contributed by atoms with E-state index in [4.69, 9.17) is 0 Å². The first-order chi connectivity index (χ1) is 5.84. The summed E-state index contributed by atoms with van der Waals surface area (Å²) in [5.41, 5.74) is 0. The summed E-state index contributed by atoms with van der Waals surface area (Å²) in [6.07, 6.45) is 0. The van der Waals surface area contributed by atoms with Crippen LogP contribution in [0.3, 0.4) is 0 Å². The van der Waals surface area contributed by atoms with Gasteiger partial charge in [-0.25, -0.2) is 0 Å². The van der Waals surface area contributed by atoms with Gasteiger partial charge in [-0.1, -0.05) is 0 Å². The smallest absolute Gasteiger partial charge is 0.0478 e. The predicted molar refractivity (Wildman–Crippen MR) is 66.9 cm³/mol. The first-order valence-corrected chi connectivity index (χ1v) is 8.50. The average molecular weight is 238 g/mol. The van der Waals surface area contributed by atoms with Crippen LogP contribution in [-0.2, 0) is 0 Å². The zero-order valence-electron chi connectivity index (χ0n) is 7.19. The minimum Gasteiger partial charge on any atom is -0.160 e. The molecule has 2 atom stereocenters. The van der Waals surface area contributed by atoms with Crippen molar-refractivity contribution in [1.29, 1.82) is 0 Å². The van der Waals surface area contributed by atoms with Gasteiger partial charge < -0.3 is 0 Å². The molecule has 2 aliphatic rings. The van der Waals surface area contributed by atoms with Crippen molar-refractivity contribution in [3.05, 3.63) is 0 Å². The lowest BCUT2D eigenvalue weighted by Crippen LogP contribution is -2.22. The van der Waals surface area contributed by atoms with Crippen LogP contribution in [0.5, 0.6) is 0 Å². The Kier molecular flexibility index (Phi) is 3.94. The molecule has 0 radical (unpaired) electrons. The molecule has 2 aliphatic heterocycles. The van der Waals surface area contributed by atoms with Crippen molar-refractivity contribution in [3.63, 3.8) is 0 Å². The second kappa shape index (κ2) is 4.76. The Balaban J connectivity index is 1.52. The van der Waals surface area contributed by atoms with Gasteiger partial charge in [-0.15, -0.1) is 23.5 Å². The monoisotopic (exact) mass is 238 g/mol. The molecule has 2 unspecified atom stereocenters. The molecule has 0 N–H and O–H groups in total. The standard InChI is InChI=1S/C8H14S4/c1-6(10-4-7-5-11-7)12-8-2-9-3-8/h6-8H,2-5H2,1H3. The molecule has 2 rings (SSSR count). The van der Waals surface area contributed by atoms with Crippen LogP contribution in [-0.4, -0.2) is 38.1 Å². The molecule has 2 fully saturated rings. The first kappa shape index (κ1) is 9.94. The zero-order valence-corrected chi connectivity index (χ0v) is 10.5. The van der Waals surface area contributed by atoms with Gasteiger partial charge in [-0.05, 0) is 6.92 Å². The summed E-state index contributed by atoms with van der Waals surface area (Å²) >= 11 is 8.55. The molecule has 0 aliphatic carbocycles. The van der Waals surface area contributed by atoms with Gasteiger partial charge in [0.15, 0.2) is 0 Å². The molecule has 2 heterocycles. The molecule has 0 aromatic carbocycles. The molecule has 0 nitrogen and oxygen atoms in total. The number of hydrogen-bond donors (Lipinski definition) is 0. The Morgan fingerprint density at radius 2 is 2.17 bits per heavy atom. The summed E-state index contributed by atoms with van der Waals surface area (Å²) in [4.78, 5) is 0. The Hall–Kier alpha value is 1.40. The van der Waals surface area contributed by atoms with Crippen molar-refractivity contribution < 1.29 is 0 Å². The van der Waals surface area contributed by atoms with Gasteiger partial charge in [-0.2, -0.15) is 23.5 Å². The Morgan fingerprint density at radius 1 is 1.42 bits per heavy atom. The van der Waals surface area contributed by atoms with Crippen molar-refractivity contribution in [2.75, 3.05) is 23.0 Å². The maximum absolute atomic E-state index is 2.37. The van der Waals surface area contributed by atoms with E-state index in [-0.39, 0.29) is 0 Å². The quantitative estimate of drug-likeness (QED) is 0.533. The summed E-state index contributed by atoms with van der Waals surface area (Å²) < 4.78 is 0.831. The summed E-state index contributed by atoms with van der Waals surface area (Å²) in [6, 6.07) is 0. The Morgan fingerprint density at radius 3 is 2.67 bits per heavy atom. The second-order valence-electron chi connectivity index (χ2n) is 3.15. The van der Waals surface area contributed by atoms with E-state index in [1.54, 1.807) is 0 Å². The van der Waals surface area contributed by atoms with E-state index in [1.807, 2.05) is 0 Å². The van der Waals surface area contributed by atoms with Crippen LogP contribution in [0.15, 0.2) is 0 Å². The van der Waals surface area contributed by atoms with Crippen LogP contribution >= 0.6 is 47.0 Å². The van der Waals surface area contributed by atoms with Crippen molar-refractivity contribution in [1.82, 2.24) is 0 Å². The normalized spacial score (nSPS) is 31.2. The van der Waals surface area contributed by atoms with Gasteiger partial charge in [0.25, 0.3) is 0 Å². The molecule has 4 heteroatoms. The van der Waals surface area contributed by atoms with Crippen LogP contribution in [0.25, 0.3) is 0 Å². The minimum atomic E-state index is 0.831. The third-order valence-electron chi connectivity index (χ3n) is 1.91. The van der Waals surface area contributed by atoms with E-state index in [2.05, 4.69) is 54.0 Å². The highest BCUT2D eigenvalue weighted by molar-refractivity contribution is 8.19. The van der Waals surface area contributed by atoms with Crippen LogP contribution < -0.4 is 0 Å². The molecule has 0 spiro atoms. The molecule has 0 saturated carbocycles. The van der Waals surface area contributed by atoms with Crippen LogP contribution in [0.2, 0.25) is 0 Å². The highest BCUT2D eigenvalue weighted by Crippen LogP contribution is 2.39. The van der Waals surface area contributed by atoms with Crippen LogP contribution in [0.1, 0.15) is 6.92 Å². The minimum absolute atomic E-state index is 0.831. The van der Waals surface area contributed by atoms with Gasteiger partial charge in [0.2, 0.25) is 0 Å². The lowest BCUT2D eigenvalue weighted by Gasteiger charge is -2.26. The topological polar surface area (TPSA) is 0 Å². The molecule has 0 bridgehead atoms. The molecular formula is C8H14S4. The van der Waals surface area contributed by atoms with Crippen molar-refractivity contribution in [2.24, 2.45) is 0 Å². The van der Waals surface area contributed by atoms with E-state index in [0.717, 1.165) is 15.1 Å². The summed E-state index contributed by atoms with van der Waals surface area (Å²) in [5.74, 6) is 5.60. The maximum atomic E-state index is 2.37. The molecule has 0 aromatic rings. The average Bonchev–Trinajstić information content (AvgIpc) is 2.76. The van der Waals surface area contributed by atoms with Crippen molar-refractivity contribution in [3.8, 4) is 0 Å². The van der Waals surface area contributed by atoms with Gasteiger partial charge in [-0.3, -0.25) is 0 Å². The molecule has 0 amide bonds. The highest BCUT2D eigenvalue weighted by Gasteiger charge is 2.25. The predicted octanol–water partition coefficient (Wildman–Crippen LogP) is 3.03. The van der Waals surface area contributed by atoms with E-state index in [1.165, 1.54) is 23.0 Å².